The van der Waals surface area contributed by atoms with Gasteiger partial charge in [0.1, 0.15) is 5.52 Å². The minimum absolute atomic E-state index is 0.595. The molecular weight excluding hydrogens is 847 g/mol. The van der Waals surface area contributed by atoms with Crippen LogP contribution >= 0.6 is 0 Å². The molecule has 0 unspecified atom stereocenters. The summed E-state index contributed by atoms with van der Waals surface area (Å²) in [7, 11) is 0. The largest absolute Gasteiger partial charge is 0.436 e. The van der Waals surface area contributed by atoms with E-state index in [4.69, 9.17) is 9.40 Å². The Hall–Kier alpha value is -9.11. The SMILES string of the molecule is Cc1c2c(c(-c3nc4ccccc4o3)c(-c3ccccc3)c1-c1ccccc1)C(c1cccc3ccccc13)=C1C(c3ccccc3)=C(c3ccccc3)C(c3c4ccccc4cc4ccccc34)=C12. The van der Waals surface area contributed by atoms with Crippen molar-refractivity contribution in [2.24, 2.45) is 0 Å². The van der Waals surface area contributed by atoms with Crippen molar-refractivity contribution in [3.63, 3.8) is 0 Å². The number of fused-ring (bicyclic) bond motifs is 7. The molecule has 0 saturated carbocycles. The molecule has 0 fully saturated rings. The number of rotatable bonds is 7. The van der Waals surface area contributed by atoms with Crippen molar-refractivity contribution in [1.82, 2.24) is 4.98 Å². The number of oxazole rings is 1. The molecule has 2 aliphatic rings. The highest BCUT2D eigenvalue weighted by Crippen LogP contribution is 2.66. The van der Waals surface area contributed by atoms with E-state index in [1.807, 2.05) is 18.2 Å². The van der Waals surface area contributed by atoms with Crippen LogP contribution in [0.4, 0.5) is 0 Å². The second kappa shape index (κ2) is 16.0. The van der Waals surface area contributed by atoms with E-state index >= 15 is 0 Å². The minimum atomic E-state index is 0.595. The van der Waals surface area contributed by atoms with Crippen LogP contribution in [0.2, 0.25) is 0 Å². The number of hydrogen-bond acceptors (Lipinski definition) is 2. The first-order valence-corrected chi connectivity index (χ1v) is 24.1. The van der Waals surface area contributed by atoms with Gasteiger partial charge in [-0.05, 0) is 141 Å². The highest BCUT2D eigenvalue weighted by molar-refractivity contribution is 6.43. The molecular formula is C68H43NO. The third kappa shape index (κ3) is 6.03. The summed E-state index contributed by atoms with van der Waals surface area (Å²) in [6, 6.07) is 88.2. The van der Waals surface area contributed by atoms with Gasteiger partial charge in [0.15, 0.2) is 5.58 Å². The van der Waals surface area contributed by atoms with Crippen LogP contribution in [0.5, 0.6) is 0 Å². The normalized spacial score (nSPS) is 13.3. The summed E-state index contributed by atoms with van der Waals surface area (Å²) in [5.41, 5.74) is 22.6. The number of nitrogens with zero attached hydrogens (tertiary/aromatic N) is 1. The highest BCUT2D eigenvalue weighted by Gasteiger charge is 2.45. The lowest BCUT2D eigenvalue weighted by molar-refractivity contribution is 0.620. The van der Waals surface area contributed by atoms with E-state index in [-0.39, 0.29) is 0 Å². The maximum Gasteiger partial charge on any atom is 0.228 e. The summed E-state index contributed by atoms with van der Waals surface area (Å²) in [5.74, 6) is 0.595. The van der Waals surface area contributed by atoms with E-state index < -0.39 is 0 Å². The fourth-order valence-corrected chi connectivity index (χ4v) is 11.8. The summed E-state index contributed by atoms with van der Waals surface area (Å²) < 4.78 is 7.13. The molecule has 0 aliphatic heterocycles. The van der Waals surface area contributed by atoms with Crippen LogP contribution < -0.4 is 0 Å². The van der Waals surface area contributed by atoms with Crippen LogP contribution in [0.1, 0.15) is 38.9 Å². The fraction of sp³-hybridized carbons (Fsp3) is 0.0147. The Balaban J connectivity index is 1.31. The van der Waals surface area contributed by atoms with E-state index in [9.17, 15) is 0 Å². The molecule has 2 nitrogen and oxygen atoms in total. The molecule has 1 aromatic heterocycles. The van der Waals surface area contributed by atoms with Gasteiger partial charge >= 0.3 is 0 Å². The molecule has 0 spiro atoms. The summed E-state index contributed by atoms with van der Waals surface area (Å²) in [6.45, 7) is 2.36. The van der Waals surface area contributed by atoms with Crippen molar-refractivity contribution in [2.45, 2.75) is 6.92 Å². The van der Waals surface area contributed by atoms with Crippen molar-refractivity contribution >= 4 is 71.3 Å². The average molecular weight is 890 g/mol. The molecule has 2 aliphatic carbocycles. The van der Waals surface area contributed by atoms with E-state index in [2.05, 4.69) is 231 Å². The second-order valence-electron chi connectivity index (χ2n) is 18.4. The minimum Gasteiger partial charge on any atom is -0.436 e. The molecule has 12 aromatic rings. The molecule has 14 rings (SSSR count). The van der Waals surface area contributed by atoms with Crippen molar-refractivity contribution < 1.29 is 4.42 Å². The molecule has 0 amide bonds. The molecule has 0 atom stereocenters. The van der Waals surface area contributed by atoms with Gasteiger partial charge in [-0.1, -0.05) is 224 Å². The Morgan fingerprint density at radius 2 is 0.771 bits per heavy atom. The predicted octanol–water partition coefficient (Wildman–Crippen LogP) is 17.9. The smallest absolute Gasteiger partial charge is 0.228 e. The third-order valence-electron chi connectivity index (χ3n) is 14.6. The zero-order valence-electron chi connectivity index (χ0n) is 38.4. The van der Waals surface area contributed by atoms with Gasteiger partial charge in [-0.2, -0.15) is 0 Å². The first kappa shape index (κ1) is 40.0. The standard InChI is InChI=1S/C68H43NO/c1-42-56(44-24-6-2-7-25-44)58(45-26-8-3-9-27-45)67(68-69-54-39-20-21-40-55(54)70-68)63-57(42)64-65(61-51-36-18-15-32-48(51)41-49-33-16-19-37-52(49)61)59(46-28-10-4-11-29-46)60(47-30-12-5-13-31-47)66(64)62(63)53-38-22-34-43-23-14-17-35-50(43)53/h2-41H,1H3. The quantitative estimate of drug-likeness (QED) is 0.149. The Kier molecular flexibility index (Phi) is 9.15. The van der Waals surface area contributed by atoms with Gasteiger partial charge in [0.2, 0.25) is 5.89 Å². The lowest BCUT2D eigenvalue weighted by atomic mass is 9.77. The van der Waals surface area contributed by atoms with Gasteiger partial charge in [0.25, 0.3) is 0 Å². The topological polar surface area (TPSA) is 26.0 Å². The summed E-state index contributed by atoms with van der Waals surface area (Å²) in [4.78, 5) is 5.48. The van der Waals surface area contributed by atoms with E-state index in [0.717, 1.165) is 55.6 Å². The van der Waals surface area contributed by atoms with Crippen LogP contribution in [-0.4, -0.2) is 4.98 Å². The maximum atomic E-state index is 7.13. The number of para-hydroxylation sites is 2. The van der Waals surface area contributed by atoms with Crippen LogP contribution in [0.25, 0.3) is 105 Å². The van der Waals surface area contributed by atoms with Crippen LogP contribution in [0.15, 0.2) is 253 Å². The number of aromatic nitrogens is 1. The zero-order valence-corrected chi connectivity index (χ0v) is 38.4. The molecule has 326 valence electrons. The van der Waals surface area contributed by atoms with E-state index in [1.165, 1.54) is 88.0 Å². The second-order valence-corrected chi connectivity index (χ2v) is 18.4. The monoisotopic (exact) mass is 889 g/mol. The molecule has 0 saturated heterocycles. The molecule has 11 aromatic carbocycles. The first-order chi connectivity index (χ1) is 34.7. The Morgan fingerprint density at radius 1 is 0.300 bits per heavy atom. The van der Waals surface area contributed by atoms with Gasteiger partial charge < -0.3 is 4.42 Å². The maximum absolute atomic E-state index is 7.13. The van der Waals surface area contributed by atoms with Crippen molar-refractivity contribution in [3.05, 3.63) is 287 Å². The number of benzene rings is 11. The van der Waals surface area contributed by atoms with Gasteiger partial charge in [-0.15, -0.1) is 0 Å². The number of allylic oxidation sites excluding steroid dienone is 5. The molecule has 2 heteroatoms. The van der Waals surface area contributed by atoms with E-state index in [0.29, 0.717) is 5.89 Å². The average Bonchev–Trinajstić information content (AvgIpc) is 4.11. The third-order valence-corrected chi connectivity index (χ3v) is 14.6. The zero-order chi connectivity index (χ0) is 46.3. The highest BCUT2D eigenvalue weighted by atomic mass is 16.3. The van der Waals surface area contributed by atoms with Crippen LogP contribution in [-0.2, 0) is 0 Å². The first-order valence-electron chi connectivity index (χ1n) is 24.1. The van der Waals surface area contributed by atoms with Gasteiger partial charge in [-0.3, -0.25) is 0 Å². The molecule has 1 heterocycles. The molecule has 0 bridgehead atoms. The predicted molar refractivity (Wildman–Crippen MR) is 293 cm³/mol. The number of hydrogen-bond donors (Lipinski definition) is 0. The Morgan fingerprint density at radius 3 is 1.39 bits per heavy atom. The van der Waals surface area contributed by atoms with Crippen molar-refractivity contribution in [2.75, 3.05) is 0 Å². The summed E-state index contributed by atoms with van der Waals surface area (Å²) >= 11 is 0. The van der Waals surface area contributed by atoms with Crippen molar-refractivity contribution in [3.8, 4) is 33.7 Å². The Bertz CT molecular complexity index is 4100. The summed E-state index contributed by atoms with van der Waals surface area (Å²) in [5, 5.41) is 7.21. The molecule has 0 N–H and O–H groups in total. The fourth-order valence-electron chi connectivity index (χ4n) is 11.8. The van der Waals surface area contributed by atoms with Crippen LogP contribution in [0, 0.1) is 6.92 Å². The van der Waals surface area contributed by atoms with Gasteiger partial charge in [0, 0.05) is 11.1 Å². The Labute approximate surface area is 406 Å². The molecule has 70 heavy (non-hydrogen) atoms. The van der Waals surface area contributed by atoms with Gasteiger partial charge in [0.05, 0.1) is 5.56 Å². The lowest BCUT2D eigenvalue weighted by Gasteiger charge is -2.25. The lowest BCUT2D eigenvalue weighted by Crippen LogP contribution is -2.04. The van der Waals surface area contributed by atoms with Gasteiger partial charge in [-0.25, -0.2) is 4.98 Å². The van der Waals surface area contributed by atoms with Crippen molar-refractivity contribution in [1.29, 1.82) is 0 Å². The van der Waals surface area contributed by atoms with Crippen LogP contribution in [0.3, 0.4) is 0 Å². The van der Waals surface area contributed by atoms with E-state index in [1.54, 1.807) is 0 Å². The summed E-state index contributed by atoms with van der Waals surface area (Å²) in [6.07, 6.45) is 0. The molecule has 0 radical (unpaired) electrons.